The van der Waals surface area contributed by atoms with Crippen molar-refractivity contribution in [2.24, 2.45) is 0 Å². The first-order chi connectivity index (χ1) is 5.77. The quantitative estimate of drug-likeness (QED) is 0.720. The second-order valence-electron chi connectivity index (χ2n) is 2.96. The van der Waals surface area contributed by atoms with Gasteiger partial charge in [-0.25, -0.2) is 4.39 Å². The summed E-state index contributed by atoms with van der Waals surface area (Å²) in [5.41, 5.74) is 2.34. The molecule has 0 saturated carbocycles. The molecule has 0 spiro atoms. The van der Waals surface area contributed by atoms with E-state index in [-0.39, 0.29) is 5.82 Å². The zero-order valence-electron chi connectivity index (χ0n) is 6.53. The van der Waals surface area contributed by atoms with Crippen LogP contribution in [0.25, 0.3) is 0 Å². The number of halogens is 2. The molecule has 64 valence electrons. The van der Waals surface area contributed by atoms with Crippen LogP contribution in [0.5, 0.6) is 0 Å². The van der Waals surface area contributed by atoms with Gasteiger partial charge in [-0.1, -0.05) is 0 Å². The van der Waals surface area contributed by atoms with Gasteiger partial charge in [0.15, 0.2) is 0 Å². The predicted octanol–water partition coefficient (Wildman–Crippen LogP) is 2.23. The fraction of sp³-hybridized carbons (Fsp3) is 0.333. The molecule has 0 aliphatic carbocycles. The summed E-state index contributed by atoms with van der Waals surface area (Å²) in [5, 5.41) is 3.24. The van der Waals surface area contributed by atoms with Crippen molar-refractivity contribution in [3.8, 4) is 0 Å². The number of rotatable bonds is 0. The molecular formula is C9H9BrFN. The third-order valence-corrected chi connectivity index (χ3v) is 2.74. The molecule has 0 radical (unpaired) electrons. The van der Waals surface area contributed by atoms with E-state index in [0.29, 0.717) is 4.47 Å². The monoisotopic (exact) mass is 229 g/mol. The van der Waals surface area contributed by atoms with Gasteiger partial charge in [0.05, 0.1) is 4.47 Å². The van der Waals surface area contributed by atoms with Crippen molar-refractivity contribution >= 4 is 15.9 Å². The van der Waals surface area contributed by atoms with Crippen LogP contribution in [0.1, 0.15) is 11.1 Å². The van der Waals surface area contributed by atoms with Crippen LogP contribution < -0.4 is 5.32 Å². The zero-order chi connectivity index (χ0) is 8.55. The first-order valence-corrected chi connectivity index (χ1v) is 4.74. The van der Waals surface area contributed by atoms with Crippen molar-refractivity contribution in [3.05, 3.63) is 33.5 Å². The third-order valence-electron chi connectivity index (χ3n) is 2.13. The number of hydrogen-bond donors (Lipinski definition) is 1. The average molecular weight is 230 g/mol. The smallest absolute Gasteiger partial charge is 0.137 e. The Morgan fingerprint density at radius 1 is 1.33 bits per heavy atom. The number of hydrogen-bond acceptors (Lipinski definition) is 1. The number of fused-ring (bicyclic) bond motifs is 1. The Balaban J connectivity index is 2.49. The standard InChI is InChI=1S/C9H9BrFN/c10-8-3-7-5-12-2-1-6(7)4-9(8)11/h3-4,12H,1-2,5H2. The van der Waals surface area contributed by atoms with Crippen molar-refractivity contribution in [2.75, 3.05) is 6.54 Å². The molecule has 0 fully saturated rings. The van der Waals surface area contributed by atoms with Crippen LogP contribution in [0.3, 0.4) is 0 Å². The van der Waals surface area contributed by atoms with Gasteiger partial charge in [-0.15, -0.1) is 0 Å². The highest BCUT2D eigenvalue weighted by Gasteiger charge is 2.11. The Bertz CT molecular complexity index is 281. The first kappa shape index (κ1) is 8.20. The molecule has 1 aliphatic rings. The Hall–Kier alpha value is -0.410. The maximum absolute atomic E-state index is 13.0. The molecule has 0 atom stereocenters. The highest BCUT2D eigenvalue weighted by molar-refractivity contribution is 9.10. The summed E-state index contributed by atoms with van der Waals surface area (Å²) < 4.78 is 13.6. The van der Waals surface area contributed by atoms with Gasteiger partial charge in [0, 0.05) is 6.54 Å². The average Bonchev–Trinajstić information content (AvgIpc) is 2.07. The summed E-state index contributed by atoms with van der Waals surface area (Å²) >= 11 is 3.17. The van der Waals surface area contributed by atoms with Crippen molar-refractivity contribution in [1.29, 1.82) is 0 Å². The lowest BCUT2D eigenvalue weighted by molar-refractivity contribution is 0.600. The molecule has 0 unspecified atom stereocenters. The van der Waals surface area contributed by atoms with E-state index < -0.39 is 0 Å². The maximum Gasteiger partial charge on any atom is 0.137 e. The van der Waals surface area contributed by atoms with E-state index in [2.05, 4.69) is 21.2 Å². The van der Waals surface area contributed by atoms with Crippen LogP contribution in [0.2, 0.25) is 0 Å². The Kier molecular flexibility index (Phi) is 2.15. The lowest BCUT2D eigenvalue weighted by Crippen LogP contribution is -2.23. The minimum atomic E-state index is -0.157. The van der Waals surface area contributed by atoms with Gasteiger partial charge in [-0.3, -0.25) is 0 Å². The van der Waals surface area contributed by atoms with E-state index in [1.165, 1.54) is 5.56 Å². The van der Waals surface area contributed by atoms with Crippen molar-refractivity contribution < 1.29 is 4.39 Å². The molecule has 3 heteroatoms. The summed E-state index contributed by atoms with van der Waals surface area (Å²) in [7, 11) is 0. The molecule has 1 aromatic carbocycles. The summed E-state index contributed by atoms with van der Waals surface area (Å²) in [6.07, 6.45) is 0.930. The lowest BCUT2D eigenvalue weighted by atomic mass is 10.0. The summed E-state index contributed by atoms with van der Waals surface area (Å²) in [5.74, 6) is -0.157. The van der Waals surface area contributed by atoms with Crippen LogP contribution in [0, 0.1) is 5.82 Å². The van der Waals surface area contributed by atoms with E-state index in [9.17, 15) is 4.39 Å². The molecule has 0 saturated heterocycles. The molecule has 2 rings (SSSR count). The van der Waals surface area contributed by atoms with Gasteiger partial charge >= 0.3 is 0 Å². The number of nitrogens with one attached hydrogen (secondary N) is 1. The van der Waals surface area contributed by atoms with Crippen LogP contribution in [-0.4, -0.2) is 6.54 Å². The van der Waals surface area contributed by atoms with Crippen molar-refractivity contribution in [3.63, 3.8) is 0 Å². The number of benzene rings is 1. The summed E-state index contributed by atoms with van der Waals surface area (Å²) in [4.78, 5) is 0. The van der Waals surface area contributed by atoms with E-state index >= 15 is 0 Å². The Labute approximate surface area is 79.1 Å². The lowest BCUT2D eigenvalue weighted by Gasteiger charge is -2.17. The Morgan fingerprint density at radius 3 is 3.00 bits per heavy atom. The topological polar surface area (TPSA) is 12.0 Å². The fourth-order valence-corrected chi connectivity index (χ4v) is 1.86. The van der Waals surface area contributed by atoms with Crippen molar-refractivity contribution in [2.45, 2.75) is 13.0 Å². The molecule has 0 aromatic heterocycles. The molecule has 1 N–H and O–H groups in total. The van der Waals surface area contributed by atoms with E-state index in [1.807, 2.05) is 6.07 Å². The van der Waals surface area contributed by atoms with Crippen LogP contribution >= 0.6 is 15.9 Å². The molecule has 0 amide bonds. The molecule has 0 bridgehead atoms. The minimum Gasteiger partial charge on any atom is -0.312 e. The highest BCUT2D eigenvalue weighted by atomic mass is 79.9. The SMILES string of the molecule is Fc1cc2c(cc1Br)CNCC2. The van der Waals surface area contributed by atoms with Gasteiger partial charge < -0.3 is 5.32 Å². The van der Waals surface area contributed by atoms with Gasteiger partial charge in [0.1, 0.15) is 5.82 Å². The normalized spacial score (nSPS) is 15.8. The van der Waals surface area contributed by atoms with Crippen LogP contribution in [0.15, 0.2) is 16.6 Å². The third kappa shape index (κ3) is 1.39. The van der Waals surface area contributed by atoms with E-state index in [1.54, 1.807) is 6.07 Å². The zero-order valence-corrected chi connectivity index (χ0v) is 8.12. The van der Waals surface area contributed by atoms with Gasteiger partial charge in [-0.2, -0.15) is 0 Å². The van der Waals surface area contributed by atoms with Gasteiger partial charge in [0.25, 0.3) is 0 Å². The molecule has 1 nitrogen and oxygen atoms in total. The summed E-state index contributed by atoms with van der Waals surface area (Å²) in [6, 6.07) is 3.48. The minimum absolute atomic E-state index is 0.157. The van der Waals surface area contributed by atoms with Crippen molar-refractivity contribution in [1.82, 2.24) is 5.32 Å². The van der Waals surface area contributed by atoms with Gasteiger partial charge in [-0.05, 0) is 52.2 Å². The molecule has 1 aliphatic heterocycles. The fourth-order valence-electron chi connectivity index (χ4n) is 1.47. The van der Waals surface area contributed by atoms with Crippen LogP contribution in [-0.2, 0) is 13.0 Å². The van der Waals surface area contributed by atoms with Gasteiger partial charge in [0.2, 0.25) is 0 Å². The predicted molar refractivity (Wildman–Crippen MR) is 49.5 cm³/mol. The maximum atomic E-state index is 13.0. The first-order valence-electron chi connectivity index (χ1n) is 3.95. The Morgan fingerprint density at radius 2 is 2.17 bits per heavy atom. The second-order valence-corrected chi connectivity index (χ2v) is 3.82. The van der Waals surface area contributed by atoms with E-state index in [0.717, 1.165) is 25.1 Å². The largest absolute Gasteiger partial charge is 0.312 e. The second kappa shape index (κ2) is 3.15. The molecular weight excluding hydrogens is 221 g/mol. The molecule has 1 heterocycles. The molecule has 12 heavy (non-hydrogen) atoms. The van der Waals surface area contributed by atoms with E-state index in [4.69, 9.17) is 0 Å². The molecule has 1 aromatic rings. The van der Waals surface area contributed by atoms with Crippen LogP contribution in [0.4, 0.5) is 4.39 Å². The summed E-state index contributed by atoms with van der Waals surface area (Å²) in [6.45, 7) is 1.81. The highest BCUT2D eigenvalue weighted by Crippen LogP contribution is 2.22.